The highest BCUT2D eigenvalue weighted by molar-refractivity contribution is 7.92. The number of fused-ring (bicyclic) bond motifs is 1. The van der Waals surface area contributed by atoms with Gasteiger partial charge in [-0.25, -0.2) is 13.4 Å². The van der Waals surface area contributed by atoms with E-state index in [0.717, 1.165) is 36.6 Å². The Balaban J connectivity index is 1.52. The Labute approximate surface area is 197 Å². The lowest BCUT2D eigenvalue weighted by atomic mass is 10.2. The first-order valence-electron chi connectivity index (χ1n) is 10.6. The van der Waals surface area contributed by atoms with Crippen molar-refractivity contribution < 1.29 is 17.9 Å². The Kier molecular flexibility index (Phi) is 6.68. The molecule has 1 aliphatic rings. The van der Waals surface area contributed by atoms with Crippen molar-refractivity contribution in [1.82, 2.24) is 9.88 Å². The summed E-state index contributed by atoms with van der Waals surface area (Å²) >= 11 is 1.47. The molecule has 0 unspecified atom stereocenters. The second kappa shape index (κ2) is 9.50. The predicted molar refractivity (Wildman–Crippen MR) is 130 cm³/mol. The summed E-state index contributed by atoms with van der Waals surface area (Å²) in [7, 11) is -0.834. The summed E-state index contributed by atoms with van der Waals surface area (Å²) in [4.78, 5) is 20.9. The fourth-order valence-electron chi connectivity index (χ4n) is 3.63. The zero-order valence-corrected chi connectivity index (χ0v) is 20.4. The number of methoxy groups -OCH3 is 1. The van der Waals surface area contributed by atoms with E-state index in [2.05, 4.69) is 22.1 Å². The Morgan fingerprint density at radius 2 is 2.00 bits per heavy atom. The molecule has 33 heavy (non-hydrogen) atoms. The summed E-state index contributed by atoms with van der Waals surface area (Å²) in [6.07, 6.45) is 0.862. The SMILES string of the molecule is CCN1CCc2nc(NC(=O)c3cccc(S(=O)(=O)N(C)c4ccc(OC)cc4)c3)sc2C1. The number of amides is 1. The van der Waals surface area contributed by atoms with Gasteiger partial charge in [-0.1, -0.05) is 13.0 Å². The number of carbonyl (C=O) groups excluding carboxylic acids is 1. The smallest absolute Gasteiger partial charge is 0.264 e. The second-order valence-corrected chi connectivity index (χ2v) is 10.7. The molecular weight excluding hydrogens is 460 g/mol. The first-order chi connectivity index (χ1) is 15.8. The molecule has 0 bridgehead atoms. The lowest BCUT2D eigenvalue weighted by Gasteiger charge is -2.23. The van der Waals surface area contributed by atoms with E-state index in [0.29, 0.717) is 16.6 Å². The number of likely N-dealkylation sites (N-methyl/N-ethyl adjacent to an activating group) is 1. The lowest BCUT2D eigenvalue weighted by molar-refractivity contribution is 0.102. The third-order valence-electron chi connectivity index (χ3n) is 5.67. The number of sulfonamides is 1. The number of aromatic nitrogens is 1. The van der Waals surface area contributed by atoms with E-state index in [9.17, 15) is 13.2 Å². The van der Waals surface area contributed by atoms with E-state index in [4.69, 9.17) is 4.74 Å². The molecule has 4 rings (SSSR count). The number of nitrogens with zero attached hydrogens (tertiary/aromatic N) is 3. The van der Waals surface area contributed by atoms with Gasteiger partial charge < -0.3 is 4.74 Å². The maximum atomic E-state index is 13.2. The number of hydrogen-bond donors (Lipinski definition) is 1. The van der Waals surface area contributed by atoms with E-state index >= 15 is 0 Å². The number of nitrogens with one attached hydrogen (secondary N) is 1. The third-order valence-corrected chi connectivity index (χ3v) is 8.45. The first kappa shape index (κ1) is 23.2. The molecule has 0 fully saturated rings. The average Bonchev–Trinajstić information content (AvgIpc) is 3.24. The average molecular weight is 487 g/mol. The number of carbonyl (C=O) groups is 1. The predicted octanol–water partition coefficient (Wildman–Crippen LogP) is 3.61. The number of ether oxygens (including phenoxy) is 1. The van der Waals surface area contributed by atoms with Crippen molar-refractivity contribution in [3.05, 3.63) is 64.7 Å². The summed E-state index contributed by atoms with van der Waals surface area (Å²) in [6.45, 7) is 4.90. The van der Waals surface area contributed by atoms with Crippen LogP contribution < -0.4 is 14.4 Å². The highest BCUT2D eigenvalue weighted by Gasteiger charge is 2.24. The molecule has 3 aromatic rings. The van der Waals surface area contributed by atoms with Crippen LogP contribution in [0.3, 0.4) is 0 Å². The maximum Gasteiger partial charge on any atom is 0.264 e. The largest absolute Gasteiger partial charge is 0.497 e. The zero-order valence-electron chi connectivity index (χ0n) is 18.7. The van der Waals surface area contributed by atoms with Gasteiger partial charge in [-0.05, 0) is 49.0 Å². The molecule has 0 radical (unpaired) electrons. The van der Waals surface area contributed by atoms with E-state index in [1.54, 1.807) is 43.5 Å². The molecule has 1 aliphatic heterocycles. The van der Waals surface area contributed by atoms with Crippen LogP contribution in [0.2, 0.25) is 0 Å². The minimum atomic E-state index is -3.86. The van der Waals surface area contributed by atoms with Crippen LogP contribution in [0.5, 0.6) is 5.75 Å². The maximum absolute atomic E-state index is 13.2. The molecule has 8 nitrogen and oxygen atoms in total. The highest BCUT2D eigenvalue weighted by Crippen LogP contribution is 2.29. The second-order valence-electron chi connectivity index (χ2n) is 7.66. The Hall–Kier alpha value is -2.95. The van der Waals surface area contributed by atoms with Crippen molar-refractivity contribution in [2.24, 2.45) is 0 Å². The van der Waals surface area contributed by atoms with Gasteiger partial charge in [0.2, 0.25) is 0 Å². The van der Waals surface area contributed by atoms with Crippen LogP contribution in [0.1, 0.15) is 27.9 Å². The lowest BCUT2D eigenvalue weighted by Crippen LogP contribution is -2.29. The summed E-state index contributed by atoms with van der Waals surface area (Å²) in [5.41, 5.74) is 1.76. The quantitative estimate of drug-likeness (QED) is 0.549. The van der Waals surface area contributed by atoms with Crippen molar-refractivity contribution in [3.8, 4) is 5.75 Å². The van der Waals surface area contributed by atoms with Crippen LogP contribution >= 0.6 is 11.3 Å². The highest BCUT2D eigenvalue weighted by atomic mass is 32.2. The van der Waals surface area contributed by atoms with E-state index in [1.807, 2.05) is 0 Å². The Morgan fingerprint density at radius 1 is 1.24 bits per heavy atom. The zero-order chi connectivity index (χ0) is 23.6. The van der Waals surface area contributed by atoms with Crippen LogP contribution in [0.15, 0.2) is 53.4 Å². The molecule has 10 heteroatoms. The minimum absolute atomic E-state index is 0.0329. The molecule has 0 atom stereocenters. The number of thiazole rings is 1. The standard InChI is InChI=1S/C23H26N4O4S2/c1-4-27-13-12-20-21(15-27)32-23(24-20)25-22(28)16-6-5-7-19(14-16)33(29,30)26(2)17-8-10-18(31-3)11-9-17/h5-11,14H,4,12-13,15H2,1-3H3,(H,24,25,28). The molecule has 1 amide bonds. The molecule has 0 saturated heterocycles. The van der Waals surface area contributed by atoms with Gasteiger partial charge in [0.05, 0.1) is 23.4 Å². The normalized spacial score (nSPS) is 13.9. The first-order valence-corrected chi connectivity index (χ1v) is 12.8. The molecule has 0 spiro atoms. The fraction of sp³-hybridized carbons (Fsp3) is 0.304. The summed E-state index contributed by atoms with van der Waals surface area (Å²) in [6, 6.07) is 12.7. The Bertz CT molecular complexity index is 1260. The van der Waals surface area contributed by atoms with Crippen LogP contribution in [-0.2, 0) is 23.0 Å². The minimum Gasteiger partial charge on any atom is -0.497 e. The van der Waals surface area contributed by atoms with Gasteiger partial charge in [0.1, 0.15) is 5.75 Å². The number of anilines is 2. The molecule has 174 valence electrons. The van der Waals surface area contributed by atoms with E-state index < -0.39 is 15.9 Å². The van der Waals surface area contributed by atoms with Gasteiger partial charge in [-0.3, -0.25) is 19.3 Å². The van der Waals surface area contributed by atoms with Crippen molar-refractivity contribution in [1.29, 1.82) is 0 Å². The molecule has 2 aromatic carbocycles. The van der Waals surface area contributed by atoms with E-state index in [1.165, 1.54) is 34.8 Å². The van der Waals surface area contributed by atoms with Crippen LogP contribution in [0.25, 0.3) is 0 Å². The van der Waals surface area contributed by atoms with Crippen molar-refractivity contribution in [2.45, 2.75) is 24.8 Å². The van der Waals surface area contributed by atoms with Crippen molar-refractivity contribution in [3.63, 3.8) is 0 Å². The fourth-order valence-corrected chi connectivity index (χ4v) is 5.92. The summed E-state index contributed by atoms with van der Waals surface area (Å²) in [5.74, 6) is 0.243. The van der Waals surface area contributed by atoms with Gasteiger partial charge in [0.15, 0.2) is 5.13 Å². The molecule has 0 saturated carbocycles. The van der Waals surface area contributed by atoms with Gasteiger partial charge in [-0.2, -0.15) is 0 Å². The third kappa shape index (κ3) is 4.87. The van der Waals surface area contributed by atoms with Gasteiger partial charge in [0.25, 0.3) is 15.9 Å². The summed E-state index contributed by atoms with van der Waals surface area (Å²) < 4.78 is 32.6. The van der Waals surface area contributed by atoms with Crippen molar-refractivity contribution >= 4 is 38.1 Å². The van der Waals surface area contributed by atoms with Gasteiger partial charge in [-0.15, -0.1) is 11.3 Å². The van der Waals surface area contributed by atoms with Crippen LogP contribution in [0, 0.1) is 0 Å². The monoisotopic (exact) mass is 486 g/mol. The number of hydrogen-bond acceptors (Lipinski definition) is 7. The molecule has 2 heterocycles. The number of rotatable bonds is 7. The van der Waals surface area contributed by atoms with Crippen molar-refractivity contribution in [2.75, 3.05) is 36.9 Å². The topological polar surface area (TPSA) is 91.8 Å². The van der Waals surface area contributed by atoms with Gasteiger partial charge >= 0.3 is 0 Å². The number of benzene rings is 2. The van der Waals surface area contributed by atoms with E-state index in [-0.39, 0.29) is 10.5 Å². The van der Waals surface area contributed by atoms with Gasteiger partial charge in [0, 0.05) is 37.0 Å². The molecular formula is C23H26N4O4S2. The van der Waals surface area contributed by atoms with Crippen LogP contribution in [-0.4, -0.2) is 51.5 Å². The molecule has 1 N–H and O–H groups in total. The Morgan fingerprint density at radius 3 is 2.70 bits per heavy atom. The van der Waals surface area contributed by atoms with Crippen LogP contribution in [0.4, 0.5) is 10.8 Å². The summed E-state index contributed by atoms with van der Waals surface area (Å²) in [5, 5.41) is 3.36. The molecule has 1 aromatic heterocycles. The molecule has 0 aliphatic carbocycles.